The van der Waals surface area contributed by atoms with Crippen molar-refractivity contribution >= 4 is 23.7 Å². The van der Waals surface area contributed by atoms with Gasteiger partial charge in [-0.25, -0.2) is 4.79 Å². The van der Waals surface area contributed by atoms with Gasteiger partial charge in [-0.05, 0) is 12.8 Å². The molecule has 7 N–H and O–H groups in total. The van der Waals surface area contributed by atoms with Gasteiger partial charge in [0.2, 0.25) is 17.7 Å². The molecule has 9 nitrogen and oxygen atoms in total. The van der Waals surface area contributed by atoms with Crippen LogP contribution in [0.15, 0.2) is 0 Å². The maximum absolute atomic E-state index is 12.1. The van der Waals surface area contributed by atoms with E-state index in [4.69, 9.17) is 16.6 Å². The SMILES string of the molecule is CC(N)C(=O)NC(C(=O)NC(CC(N)=O)C(=O)O)C(C)C. The van der Waals surface area contributed by atoms with E-state index in [0.717, 1.165) is 0 Å². The van der Waals surface area contributed by atoms with E-state index in [9.17, 15) is 19.2 Å². The highest BCUT2D eigenvalue weighted by molar-refractivity contribution is 5.93. The molecule has 0 rings (SSSR count). The predicted molar refractivity (Wildman–Crippen MR) is 73.8 cm³/mol. The Bertz CT molecular complexity index is 422. The first-order chi connectivity index (χ1) is 9.56. The summed E-state index contributed by atoms with van der Waals surface area (Å²) in [7, 11) is 0. The Balaban J connectivity index is 4.92. The first-order valence-corrected chi connectivity index (χ1v) is 6.43. The van der Waals surface area contributed by atoms with Crippen LogP contribution in [0.1, 0.15) is 27.2 Å². The Morgan fingerprint density at radius 2 is 1.57 bits per heavy atom. The van der Waals surface area contributed by atoms with Crippen LogP contribution in [0.25, 0.3) is 0 Å². The van der Waals surface area contributed by atoms with E-state index >= 15 is 0 Å². The highest BCUT2D eigenvalue weighted by Gasteiger charge is 2.29. The molecule has 0 saturated carbocycles. The zero-order chi connectivity index (χ0) is 16.7. The number of carbonyl (C=O) groups is 4. The van der Waals surface area contributed by atoms with Crippen molar-refractivity contribution in [2.45, 2.75) is 45.3 Å². The van der Waals surface area contributed by atoms with E-state index in [1.54, 1.807) is 13.8 Å². The van der Waals surface area contributed by atoms with Crippen molar-refractivity contribution < 1.29 is 24.3 Å². The summed E-state index contributed by atoms with van der Waals surface area (Å²) in [5.74, 6) is -3.79. The summed E-state index contributed by atoms with van der Waals surface area (Å²) in [5.41, 5.74) is 10.3. The molecular formula is C12H22N4O5. The van der Waals surface area contributed by atoms with Crippen LogP contribution < -0.4 is 22.1 Å². The van der Waals surface area contributed by atoms with E-state index < -0.39 is 48.2 Å². The van der Waals surface area contributed by atoms with Gasteiger partial charge >= 0.3 is 5.97 Å². The maximum Gasteiger partial charge on any atom is 0.326 e. The van der Waals surface area contributed by atoms with Gasteiger partial charge in [-0.3, -0.25) is 14.4 Å². The van der Waals surface area contributed by atoms with Crippen LogP contribution in [-0.2, 0) is 19.2 Å². The van der Waals surface area contributed by atoms with Crippen LogP contribution in [-0.4, -0.2) is 46.9 Å². The summed E-state index contributed by atoms with van der Waals surface area (Å²) in [4.78, 5) is 45.4. The number of carbonyl (C=O) groups excluding carboxylic acids is 3. The molecule has 0 aliphatic heterocycles. The Labute approximate surface area is 122 Å². The molecule has 9 heteroatoms. The average molecular weight is 302 g/mol. The summed E-state index contributed by atoms with van der Waals surface area (Å²) in [5, 5.41) is 13.5. The van der Waals surface area contributed by atoms with E-state index in [1.807, 2.05) is 0 Å². The average Bonchev–Trinajstić information content (AvgIpc) is 2.33. The molecular weight excluding hydrogens is 280 g/mol. The Hall–Kier alpha value is -2.16. The van der Waals surface area contributed by atoms with Crippen molar-refractivity contribution in [2.75, 3.05) is 0 Å². The maximum atomic E-state index is 12.1. The van der Waals surface area contributed by atoms with Gasteiger partial charge in [0.1, 0.15) is 12.1 Å². The fourth-order valence-electron chi connectivity index (χ4n) is 1.48. The van der Waals surface area contributed by atoms with Crippen LogP contribution in [0.3, 0.4) is 0 Å². The lowest BCUT2D eigenvalue weighted by atomic mass is 10.0. The topological polar surface area (TPSA) is 165 Å². The van der Waals surface area contributed by atoms with Crippen molar-refractivity contribution in [3.05, 3.63) is 0 Å². The third-order valence-electron chi connectivity index (χ3n) is 2.68. The lowest BCUT2D eigenvalue weighted by Crippen LogP contribution is -2.56. The summed E-state index contributed by atoms with van der Waals surface area (Å²) in [6.45, 7) is 4.81. The molecule has 0 aromatic carbocycles. The van der Waals surface area contributed by atoms with E-state index in [-0.39, 0.29) is 5.92 Å². The molecule has 0 heterocycles. The zero-order valence-electron chi connectivity index (χ0n) is 12.3. The van der Waals surface area contributed by atoms with Crippen LogP contribution in [0, 0.1) is 5.92 Å². The normalized spacial score (nSPS) is 14.9. The minimum absolute atomic E-state index is 0.296. The second-order valence-corrected chi connectivity index (χ2v) is 5.09. The number of amides is 3. The molecule has 0 fully saturated rings. The number of carboxylic acids is 1. The van der Waals surface area contributed by atoms with Gasteiger partial charge in [-0.2, -0.15) is 0 Å². The lowest BCUT2D eigenvalue weighted by molar-refractivity contribution is -0.144. The molecule has 0 bridgehead atoms. The number of rotatable bonds is 8. The van der Waals surface area contributed by atoms with Gasteiger partial charge in [0.05, 0.1) is 12.5 Å². The number of carboxylic acid groups (broad SMARTS) is 1. The number of primary amides is 1. The van der Waals surface area contributed by atoms with Crippen molar-refractivity contribution in [2.24, 2.45) is 17.4 Å². The summed E-state index contributed by atoms with van der Waals surface area (Å²) in [6, 6.07) is -3.21. The van der Waals surface area contributed by atoms with Gasteiger partial charge in [-0.15, -0.1) is 0 Å². The van der Waals surface area contributed by atoms with Crippen molar-refractivity contribution in [3.8, 4) is 0 Å². The molecule has 120 valence electrons. The Morgan fingerprint density at radius 3 is 1.90 bits per heavy atom. The van der Waals surface area contributed by atoms with Gasteiger partial charge in [-0.1, -0.05) is 13.8 Å². The summed E-state index contributed by atoms with van der Waals surface area (Å²) >= 11 is 0. The first-order valence-electron chi connectivity index (χ1n) is 6.43. The molecule has 0 spiro atoms. The second-order valence-electron chi connectivity index (χ2n) is 5.09. The zero-order valence-corrected chi connectivity index (χ0v) is 12.3. The third-order valence-corrected chi connectivity index (χ3v) is 2.68. The predicted octanol–water partition coefficient (Wildman–Crippen LogP) is -2.08. The molecule has 21 heavy (non-hydrogen) atoms. The van der Waals surface area contributed by atoms with Crippen molar-refractivity contribution in [3.63, 3.8) is 0 Å². The second kappa shape index (κ2) is 8.20. The van der Waals surface area contributed by atoms with Gasteiger partial charge in [0, 0.05) is 0 Å². The smallest absolute Gasteiger partial charge is 0.326 e. The molecule has 0 aliphatic carbocycles. The highest BCUT2D eigenvalue weighted by atomic mass is 16.4. The monoisotopic (exact) mass is 302 g/mol. The van der Waals surface area contributed by atoms with Crippen LogP contribution in [0.2, 0.25) is 0 Å². The van der Waals surface area contributed by atoms with Gasteiger partial charge in [0.15, 0.2) is 0 Å². The largest absolute Gasteiger partial charge is 0.480 e. The molecule has 0 aliphatic rings. The highest BCUT2D eigenvalue weighted by Crippen LogP contribution is 2.04. The molecule has 0 radical (unpaired) electrons. The van der Waals surface area contributed by atoms with Crippen molar-refractivity contribution in [1.82, 2.24) is 10.6 Å². The Kier molecular flexibility index (Phi) is 7.36. The van der Waals surface area contributed by atoms with E-state index in [1.165, 1.54) is 6.92 Å². The number of hydrogen-bond acceptors (Lipinski definition) is 5. The number of nitrogens with two attached hydrogens (primary N) is 2. The minimum atomic E-state index is -1.44. The molecule has 0 aromatic rings. The fraction of sp³-hybridized carbons (Fsp3) is 0.667. The fourth-order valence-corrected chi connectivity index (χ4v) is 1.48. The van der Waals surface area contributed by atoms with E-state index in [0.29, 0.717) is 0 Å². The van der Waals surface area contributed by atoms with Crippen LogP contribution in [0.4, 0.5) is 0 Å². The van der Waals surface area contributed by atoms with Crippen molar-refractivity contribution in [1.29, 1.82) is 0 Å². The Morgan fingerprint density at radius 1 is 1.05 bits per heavy atom. The molecule has 0 aromatic heterocycles. The van der Waals surface area contributed by atoms with Crippen LogP contribution in [0.5, 0.6) is 0 Å². The first kappa shape index (κ1) is 18.8. The minimum Gasteiger partial charge on any atom is -0.480 e. The molecule has 3 unspecified atom stereocenters. The van der Waals surface area contributed by atoms with Gasteiger partial charge in [0.25, 0.3) is 0 Å². The summed E-state index contributed by atoms with van der Waals surface area (Å²) < 4.78 is 0. The molecule has 0 saturated heterocycles. The standard InChI is InChI=1S/C12H22N4O5/c1-5(2)9(16-10(18)6(3)13)11(19)15-7(12(20)21)4-8(14)17/h5-7,9H,4,13H2,1-3H3,(H2,14,17)(H,15,19)(H,16,18)(H,20,21). The summed E-state index contributed by atoms with van der Waals surface area (Å²) in [6.07, 6.45) is -0.535. The van der Waals surface area contributed by atoms with Gasteiger partial charge < -0.3 is 27.2 Å². The van der Waals surface area contributed by atoms with E-state index in [2.05, 4.69) is 10.6 Å². The number of hydrogen-bond donors (Lipinski definition) is 5. The molecule has 3 amide bonds. The van der Waals surface area contributed by atoms with Crippen LogP contribution >= 0.6 is 0 Å². The quantitative estimate of drug-likeness (QED) is 0.345. The third kappa shape index (κ3) is 6.70. The molecule has 3 atom stereocenters. The lowest BCUT2D eigenvalue weighted by Gasteiger charge is -2.24. The number of aliphatic carboxylic acids is 1. The number of nitrogens with one attached hydrogen (secondary N) is 2.